The van der Waals surface area contributed by atoms with Gasteiger partial charge in [0.1, 0.15) is 19.3 Å². The standard InChI is InChI=1S/C17H21Cl3N2O6/c18-17(19,20)11-28-16(26)22-13(14(23)24)8-4-5-9-21-15(25)27-10-12-6-2-1-3-7-12/h1-3,6-7,13H,4-5,8-11H2,(H,21,25)(H,22,26)(H,23,24)/t13-/m0/s1. The van der Waals surface area contributed by atoms with Gasteiger partial charge in [0, 0.05) is 6.54 Å². The maximum absolute atomic E-state index is 11.6. The highest BCUT2D eigenvalue weighted by atomic mass is 35.6. The molecule has 28 heavy (non-hydrogen) atoms. The average molecular weight is 456 g/mol. The summed E-state index contributed by atoms with van der Waals surface area (Å²) in [5, 5.41) is 13.9. The summed E-state index contributed by atoms with van der Waals surface area (Å²) in [6.45, 7) is -0.0451. The number of aliphatic carboxylic acids is 1. The zero-order valence-electron chi connectivity index (χ0n) is 14.8. The Bertz CT molecular complexity index is 640. The number of alkyl halides is 3. The van der Waals surface area contributed by atoms with Crippen molar-refractivity contribution in [2.45, 2.75) is 35.7 Å². The number of rotatable bonds is 10. The predicted octanol–water partition coefficient (Wildman–Crippen LogP) is 3.63. The number of halogens is 3. The smallest absolute Gasteiger partial charge is 0.407 e. The number of carbonyl (C=O) groups is 3. The molecular weight excluding hydrogens is 435 g/mol. The van der Waals surface area contributed by atoms with Gasteiger partial charge in [0.25, 0.3) is 0 Å². The summed E-state index contributed by atoms with van der Waals surface area (Å²) in [5.74, 6) is -1.22. The third-order valence-electron chi connectivity index (χ3n) is 3.36. The van der Waals surface area contributed by atoms with Gasteiger partial charge >= 0.3 is 18.2 Å². The first-order valence-electron chi connectivity index (χ1n) is 8.35. The molecule has 1 aromatic rings. The minimum absolute atomic E-state index is 0.138. The van der Waals surface area contributed by atoms with Gasteiger partial charge in [-0.05, 0) is 24.8 Å². The zero-order valence-corrected chi connectivity index (χ0v) is 17.1. The lowest BCUT2D eigenvalue weighted by Gasteiger charge is -2.16. The van der Waals surface area contributed by atoms with E-state index in [4.69, 9.17) is 44.6 Å². The van der Waals surface area contributed by atoms with Crippen LogP contribution in [0, 0.1) is 0 Å². The second kappa shape index (κ2) is 12.5. The Morgan fingerprint density at radius 3 is 2.32 bits per heavy atom. The van der Waals surface area contributed by atoms with Crippen LogP contribution >= 0.6 is 34.8 Å². The summed E-state index contributed by atoms with van der Waals surface area (Å²) >= 11 is 16.3. The van der Waals surface area contributed by atoms with Gasteiger partial charge in [-0.2, -0.15) is 0 Å². The van der Waals surface area contributed by atoms with E-state index in [9.17, 15) is 14.4 Å². The number of carboxylic acid groups (broad SMARTS) is 1. The van der Waals surface area contributed by atoms with E-state index in [-0.39, 0.29) is 13.0 Å². The molecule has 0 bridgehead atoms. The number of unbranched alkanes of at least 4 members (excludes halogenated alkanes) is 1. The van der Waals surface area contributed by atoms with Crippen LogP contribution in [0.5, 0.6) is 0 Å². The highest BCUT2D eigenvalue weighted by Crippen LogP contribution is 2.25. The molecule has 0 aliphatic heterocycles. The van der Waals surface area contributed by atoms with E-state index in [0.29, 0.717) is 19.4 Å². The van der Waals surface area contributed by atoms with Crippen LogP contribution in [-0.2, 0) is 20.9 Å². The van der Waals surface area contributed by atoms with Gasteiger partial charge in [0.2, 0.25) is 3.79 Å². The first kappa shape index (κ1) is 24.1. The van der Waals surface area contributed by atoms with E-state index in [1.807, 2.05) is 30.3 Å². The van der Waals surface area contributed by atoms with Gasteiger partial charge in [-0.25, -0.2) is 14.4 Å². The van der Waals surface area contributed by atoms with Crippen LogP contribution in [0.25, 0.3) is 0 Å². The van der Waals surface area contributed by atoms with E-state index >= 15 is 0 Å². The summed E-state index contributed by atoms with van der Waals surface area (Å²) in [7, 11) is 0. The Kier molecular flexibility index (Phi) is 10.8. The highest BCUT2D eigenvalue weighted by molar-refractivity contribution is 6.67. The van der Waals surface area contributed by atoms with E-state index < -0.39 is 34.6 Å². The molecule has 3 N–H and O–H groups in total. The fraction of sp³-hybridized carbons (Fsp3) is 0.471. The molecule has 0 unspecified atom stereocenters. The van der Waals surface area contributed by atoms with E-state index in [1.165, 1.54) is 0 Å². The van der Waals surface area contributed by atoms with Gasteiger partial charge < -0.3 is 25.2 Å². The number of alkyl carbamates (subject to hydrolysis) is 2. The third-order valence-corrected chi connectivity index (χ3v) is 3.69. The third kappa shape index (κ3) is 11.7. The summed E-state index contributed by atoms with van der Waals surface area (Å²) in [5.41, 5.74) is 0.870. The molecule has 1 atom stereocenters. The first-order valence-corrected chi connectivity index (χ1v) is 9.48. The molecule has 2 amide bonds. The second-order valence-electron chi connectivity index (χ2n) is 5.71. The molecule has 0 spiro atoms. The van der Waals surface area contributed by atoms with Crippen LogP contribution < -0.4 is 10.6 Å². The van der Waals surface area contributed by atoms with Gasteiger partial charge in [-0.1, -0.05) is 65.1 Å². The first-order chi connectivity index (χ1) is 13.2. The number of benzene rings is 1. The van der Waals surface area contributed by atoms with Crippen molar-refractivity contribution in [3.63, 3.8) is 0 Å². The minimum Gasteiger partial charge on any atom is -0.480 e. The molecule has 156 valence electrons. The van der Waals surface area contributed by atoms with Crippen LogP contribution in [0.3, 0.4) is 0 Å². The number of ether oxygens (including phenoxy) is 2. The molecule has 1 aromatic carbocycles. The molecule has 0 aromatic heterocycles. The molecule has 8 nitrogen and oxygen atoms in total. The summed E-state index contributed by atoms with van der Waals surface area (Å²) in [4.78, 5) is 34.3. The fourth-order valence-electron chi connectivity index (χ4n) is 2.03. The Morgan fingerprint density at radius 2 is 1.71 bits per heavy atom. The van der Waals surface area contributed by atoms with Crippen LogP contribution in [0.2, 0.25) is 0 Å². The van der Waals surface area contributed by atoms with Crippen molar-refractivity contribution in [3.8, 4) is 0 Å². The maximum atomic E-state index is 11.6. The van der Waals surface area contributed by atoms with E-state index in [0.717, 1.165) is 5.56 Å². The van der Waals surface area contributed by atoms with Crippen molar-refractivity contribution in [1.29, 1.82) is 0 Å². The molecular formula is C17H21Cl3N2O6. The summed E-state index contributed by atoms with van der Waals surface area (Å²) in [6, 6.07) is 8.07. The number of carboxylic acids is 1. The average Bonchev–Trinajstić information content (AvgIpc) is 2.63. The van der Waals surface area contributed by atoms with Crippen molar-refractivity contribution >= 4 is 53.0 Å². The van der Waals surface area contributed by atoms with E-state index in [2.05, 4.69) is 15.4 Å². The normalized spacial score (nSPS) is 12.0. The molecule has 11 heteroatoms. The lowest BCUT2D eigenvalue weighted by atomic mass is 10.1. The molecule has 0 saturated heterocycles. The van der Waals surface area contributed by atoms with Crippen LogP contribution in [0.4, 0.5) is 9.59 Å². The lowest BCUT2D eigenvalue weighted by Crippen LogP contribution is -2.41. The van der Waals surface area contributed by atoms with Gasteiger partial charge in [0.05, 0.1) is 0 Å². The Morgan fingerprint density at radius 1 is 1.04 bits per heavy atom. The van der Waals surface area contributed by atoms with Crippen LogP contribution in [-0.4, -0.2) is 46.2 Å². The molecule has 0 aliphatic carbocycles. The van der Waals surface area contributed by atoms with Gasteiger partial charge in [-0.3, -0.25) is 0 Å². The molecule has 0 fully saturated rings. The second-order valence-corrected chi connectivity index (χ2v) is 8.23. The van der Waals surface area contributed by atoms with Gasteiger partial charge in [0.15, 0.2) is 0 Å². The SMILES string of the molecule is O=C(NCCCC[C@H](NC(=O)OCC(Cl)(Cl)Cl)C(=O)O)OCc1ccccc1. The fourth-order valence-corrected chi connectivity index (χ4v) is 2.19. The van der Waals surface area contributed by atoms with E-state index in [1.54, 1.807) is 0 Å². The number of carbonyl (C=O) groups excluding carboxylic acids is 2. The van der Waals surface area contributed by atoms with Crippen molar-refractivity contribution in [2.75, 3.05) is 13.2 Å². The Hall–Kier alpha value is -1.90. The Labute approximate surface area is 177 Å². The van der Waals surface area contributed by atoms with Crippen molar-refractivity contribution < 1.29 is 29.0 Å². The maximum Gasteiger partial charge on any atom is 0.407 e. The largest absolute Gasteiger partial charge is 0.480 e. The molecule has 0 radical (unpaired) electrons. The highest BCUT2D eigenvalue weighted by Gasteiger charge is 2.25. The quantitative estimate of drug-likeness (QED) is 0.367. The van der Waals surface area contributed by atoms with Crippen molar-refractivity contribution in [3.05, 3.63) is 35.9 Å². The Balaban J connectivity index is 2.19. The molecule has 0 heterocycles. The lowest BCUT2D eigenvalue weighted by molar-refractivity contribution is -0.139. The zero-order chi connectivity index (χ0) is 21.0. The molecule has 0 saturated carbocycles. The predicted molar refractivity (Wildman–Crippen MR) is 105 cm³/mol. The minimum atomic E-state index is -1.78. The van der Waals surface area contributed by atoms with Gasteiger partial charge in [-0.15, -0.1) is 0 Å². The molecule has 0 aliphatic rings. The van der Waals surface area contributed by atoms with Crippen LogP contribution in [0.1, 0.15) is 24.8 Å². The number of hydrogen-bond donors (Lipinski definition) is 3. The van der Waals surface area contributed by atoms with Crippen molar-refractivity contribution in [1.82, 2.24) is 10.6 Å². The summed E-state index contributed by atoms with van der Waals surface area (Å²) in [6.07, 6.45) is -0.497. The number of amides is 2. The number of nitrogens with one attached hydrogen (secondary N) is 2. The topological polar surface area (TPSA) is 114 Å². The molecule has 1 rings (SSSR count). The van der Waals surface area contributed by atoms with Crippen LogP contribution in [0.15, 0.2) is 30.3 Å². The summed E-state index contributed by atoms with van der Waals surface area (Å²) < 4.78 is 7.90. The van der Waals surface area contributed by atoms with Crippen molar-refractivity contribution in [2.24, 2.45) is 0 Å². The number of hydrogen-bond acceptors (Lipinski definition) is 5. The monoisotopic (exact) mass is 454 g/mol.